The van der Waals surface area contributed by atoms with Crippen LogP contribution in [0.25, 0.3) is 27.9 Å². The summed E-state index contributed by atoms with van der Waals surface area (Å²) in [6.07, 6.45) is 0. The SMILES string of the molecule is CC(=O)c1ccc(-n2c(N)c(C(=O)OC(C)(C)C)c3nc4ccccc4nc32)cc1. The molecule has 0 saturated carbocycles. The summed E-state index contributed by atoms with van der Waals surface area (Å²) < 4.78 is 7.24. The smallest absolute Gasteiger partial charge is 0.344 e. The van der Waals surface area contributed by atoms with Crippen molar-refractivity contribution >= 4 is 39.8 Å². The summed E-state index contributed by atoms with van der Waals surface area (Å²) in [4.78, 5) is 34.0. The summed E-state index contributed by atoms with van der Waals surface area (Å²) in [5.74, 6) is -0.411. The van der Waals surface area contributed by atoms with Gasteiger partial charge in [0, 0.05) is 11.3 Å². The lowest BCUT2D eigenvalue weighted by atomic mass is 10.1. The number of hydrogen-bond acceptors (Lipinski definition) is 6. The number of para-hydroxylation sites is 2. The number of fused-ring (bicyclic) bond motifs is 2. The summed E-state index contributed by atoms with van der Waals surface area (Å²) in [7, 11) is 0. The molecular formula is C23H22N4O3. The Bertz CT molecular complexity index is 1300. The number of nitrogens with two attached hydrogens (primary N) is 1. The second kappa shape index (κ2) is 6.95. The molecule has 0 saturated heterocycles. The van der Waals surface area contributed by atoms with Gasteiger partial charge in [0.25, 0.3) is 0 Å². The molecule has 30 heavy (non-hydrogen) atoms. The maximum atomic E-state index is 13.0. The second-order valence-corrected chi connectivity index (χ2v) is 8.09. The molecule has 2 aromatic carbocycles. The highest BCUT2D eigenvalue weighted by molar-refractivity contribution is 6.09. The van der Waals surface area contributed by atoms with Crippen molar-refractivity contribution in [2.75, 3.05) is 5.73 Å². The Balaban J connectivity index is 2.01. The number of rotatable bonds is 3. The molecule has 0 bridgehead atoms. The minimum atomic E-state index is -0.689. The van der Waals surface area contributed by atoms with Crippen LogP contribution in [0.3, 0.4) is 0 Å². The predicted octanol–water partition coefficient (Wildman–Crippen LogP) is 4.31. The van der Waals surface area contributed by atoms with Crippen LogP contribution in [-0.2, 0) is 4.74 Å². The molecule has 0 atom stereocenters. The van der Waals surface area contributed by atoms with E-state index in [4.69, 9.17) is 15.5 Å². The van der Waals surface area contributed by atoms with Crippen molar-refractivity contribution in [3.05, 3.63) is 59.7 Å². The molecule has 0 fully saturated rings. The Morgan fingerprint density at radius 3 is 2.13 bits per heavy atom. The van der Waals surface area contributed by atoms with E-state index >= 15 is 0 Å². The van der Waals surface area contributed by atoms with E-state index in [0.717, 1.165) is 0 Å². The molecule has 0 aliphatic heterocycles. The maximum absolute atomic E-state index is 13.0. The van der Waals surface area contributed by atoms with E-state index in [2.05, 4.69) is 4.98 Å². The van der Waals surface area contributed by atoms with Crippen molar-refractivity contribution in [3.8, 4) is 5.69 Å². The van der Waals surface area contributed by atoms with E-state index in [-0.39, 0.29) is 17.2 Å². The topological polar surface area (TPSA) is 100 Å². The Hall–Kier alpha value is -3.74. The quantitative estimate of drug-likeness (QED) is 0.405. The largest absolute Gasteiger partial charge is 0.456 e. The molecule has 2 N–H and O–H groups in total. The number of carbonyl (C=O) groups excluding carboxylic acids is 2. The molecule has 7 heteroatoms. The number of aromatic nitrogens is 3. The van der Waals surface area contributed by atoms with E-state index in [9.17, 15) is 9.59 Å². The number of ketones is 1. The normalized spacial score (nSPS) is 11.7. The molecule has 4 rings (SSSR count). The zero-order valence-corrected chi connectivity index (χ0v) is 17.3. The summed E-state index contributed by atoms with van der Waals surface area (Å²) in [5.41, 5.74) is 9.33. The van der Waals surface area contributed by atoms with Gasteiger partial charge in [0.05, 0.1) is 11.0 Å². The highest BCUT2D eigenvalue weighted by Crippen LogP contribution is 2.32. The van der Waals surface area contributed by atoms with Crippen molar-refractivity contribution in [2.45, 2.75) is 33.3 Å². The highest BCUT2D eigenvalue weighted by atomic mass is 16.6. The molecule has 7 nitrogen and oxygen atoms in total. The summed E-state index contributed by atoms with van der Waals surface area (Å²) in [6.45, 7) is 6.89. The average molecular weight is 402 g/mol. The van der Waals surface area contributed by atoms with Crippen LogP contribution < -0.4 is 5.73 Å². The van der Waals surface area contributed by atoms with Crippen molar-refractivity contribution < 1.29 is 14.3 Å². The number of hydrogen-bond donors (Lipinski definition) is 1. The monoisotopic (exact) mass is 402 g/mol. The number of Topliss-reactive ketones (excluding diaryl/α,β-unsaturated/α-hetero) is 1. The standard InChI is InChI=1S/C23H22N4O3/c1-13(28)14-9-11-15(12-10-14)27-20(24)18(22(29)30-23(2,3)4)19-21(27)26-17-8-6-5-7-16(17)25-19/h5-12H,24H2,1-4H3. The Morgan fingerprint density at radius 1 is 0.967 bits per heavy atom. The summed E-state index contributed by atoms with van der Waals surface area (Å²) in [6, 6.07) is 14.4. The third-order valence-corrected chi connectivity index (χ3v) is 4.63. The number of benzene rings is 2. The van der Waals surface area contributed by atoms with Crippen LogP contribution in [0.15, 0.2) is 48.5 Å². The first kappa shape index (κ1) is 19.6. The van der Waals surface area contributed by atoms with Gasteiger partial charge in [0.2, 0.25) is 0 Å². The average Bonchev–Trinajstić information content (AvgIpc) is 2.95. The van der Waals surface area contributed by atoms with Gasteiger partial charge in [-0.2, -0.15) is 0 Å². The number of nitrogens with zero attached hydrogens (tertiary/aromatic N) is 3. The number of nitrogen functional groups attached to an aromatic ring is 1. The first-order chi connectivity index (χ1) is 14.2. The van der Waals surface area contributed by atoms with E-state index in [1.165, 1.54) is 6.92 Å². The van der Waals surface area contributed by atoms with Crippen LogP contribution in [0.5, 0.6) is 0 Å². The molecule has 4 aromatic rings. The van der Waals surface area contributed by atoms with Gasteiger partial charge in [-0.15, -0.1) is 0 Å². The zero-order valence-electron chi connectivity index (χ0n) is 17.3. The van der Waals surface area contributed by atoms with Gasteiger partial charge in [0.15, 0.2) is 11.4 Å². The van der Waals surface area contributed by atoms with Gasteiger partial charge >= 0.3 is 5.97 Å². The Labute approximate surface area is 173 Å². The lowest BCUT2D eigenvalue weighted by Gasteiger charge is -2.19. The predicted molar refractivity (Wildman–Crippen MR) is 116 cm³/mol. The van der Waals surface area contributed by atoms with Crippen molar-refractivity contribution in [1.82, 2.24) is 14.5 Å². The summed E-state index contributed by atoms with van der Waals surface area (Å²) in [5, 5.41) is 0. The van der Waals surface area contributed by atoms with Gasteiger partial charge in [0.1, 0.15) is 22.5 Å². The second-order valence-electron chi connectivity index (χ2n) is 8.09. The van der Waals surface area contributed by atoms with Gasteiger partial charge < -0.3 is 10.5 Å². The van der Waals surface area contributed by atoms with Gasteiger partial charge in [-0.25, -0.2) is 14.8 Å². The molecule has 0 aliphatic carbocycles. The van der Waals surface area contributed by atoms with Gasteiger partial charge in [-0.05, 0) is 64.1 Å². The van der Waals surface area contributed by atoms with E-state index in [1.807, 2.05) is 24.3 Å². The Kier molecular flexibility index (Phi) is 4.53. The highest BCUT2D eigenvalue weighted by Gasteiger charge is 2.28. The van der Waals surface area contributed by atoms with Crippen LogP contribution in [0.4, 0.5) is 5.82 Å². The molecule has 2 heterocycles. The molecule has 152 valence electrons. The first-order valence-corrected chi connectivity index (χ1v) is 9.57. The molecule has 0 radical (unpaired) electrons. The van der Waals surface area contributed by atoms with E-state index in [0.29, 0.717) is 33.4 Å². The van der Waals surface area contributed by atoms with Crippen LogP contribution in [0.2, 0.25) is 0 Å². The van der Waals surface area contributed by atoms with E-state index < -0.39 is 11.6 Å². The molecule has 0 unspecified atom stereocenters. The first-order valence-electron chi connectivity index (χ1n) is 9.57. The molecular weight excluding hydrogens is 380 g/mol. The fraction of sp³-hybridized carbons (Fsp3) is 0.217. The molecule has 0 spiro atoms. The molecule has 2 aromatic heterocycles. The number of ether oxygens (including phenoxy) is 1. The lowest BCUT2D eigenvalue weighted by molar-refractivity contribution is 0.00727. The summed E-state index contributed by atoms with van der Waals surface area (Å²) >= 11 is 0. The molecule has 0 amide bonds. The molecule has 0 aliphatic rings. The van der Waals surface area contributed by atoms with Crippen LogP contribution in [-0.4, -0.2) is 31.9 Å². The minimum Gasteiger partial charge on any atom is -0.456 e. The number of anilines is 1. The maximum Gasteiger partial charge on any atom is 0.344 e. The van der Waals surface area contributed by atoms with Crippen molar-refractivity contribution in [3.63, 3.8) is 0 Å². The third kappa shape index (κ3) is 3.39. The lowest BCUT2D eigenvalue weighted by Crippen LogP contribution is -2.24. The van der Waals surface area contributed by atoms with Crippen molar-refractivity contribution in [1.29, 1.82) is 0 Å². The van der Waals surface area contributed by atoms with Gasteiger partial charge in [-0.3, -0.25) is 9.36 Å². The fourth-order valence-corrected chi connectivity index (χ4v) is 3.30. The van der Waals surface area contributed by atoms with Gasteiger partial charge in [-0.1, -0.05) is 12.1 Å². The zero-order chi connectivity index (χ0) is 21.6. The van der Waals surface area contributed by atoms with Crippen LogP contribution >= 0.6 is 0 Å². The Morgan fingerprint density at radius 2 is 1.57 bits per heavy atom. The van der Waals surface area contributed by atoms with E-state index in [1.54, 1.807) is 49.6 Å². The third-order valence-electron chi connectivity index (χ3n) is 4.63. The number of carbonyl (C=O) groups is 2. The van der Waals surface area contributed by atoms with Crippen LogP contribution in [0.1, 0.15) is 48.4 Å². The fourth-order valence-electron chi connectivity index (χ4n) is 3.30. The van der Waals surface area contributed by atoms with Crippen LogP contribution in [0, 0.1) is 0 Å². The van der Waals surface area contributed by atoms with Crippen molar-refractivity contribution in [2.24, 2.45) is 0 Å². The minimum absolute atomic E-state index is 0.0351. The number of esters is 1.